The van der Waals surface area contributed by atoms with E-state index in [2.05, 4.69) is 15.5 Å². The standard InChI is InChI=1S/C20H22N4O3S/c1-13(19(25)21-15-10-11-16(26-3)17(12-15)27-4)28-20-23-22-18(24(20)2)14-8-6-5-7-9-14/h5-13H,1-4H3,(H,21,25)/t13-/m1/s1. The molecule has 1 N–H and O–H groups in total. The highest BCUT2D eigenvalue weighted by molar-refractivity contribution is 8.00. The van der Waals surface area contributed by atoms with Crippen LogP contribution >= 0.6 is 11.8 Å². The Labute approximate surface area is 168 Å². The molecule has 0 radical (unpaired) electrons. The summed E-state index contributed by atoms with van der Waals surface area (Å²) in [4.78, 5) is 12.6. The average molecular weight is 398 g/mol. The van der Waals surface area contributed by atoms with Crippen LogP contribution in [0, 0.1) is 0 Å². The molecule has 0 aliphatic rings. The molecule has 7 nitrogen and oxygen atoms in total. The van der Waals surface area contributed by atoms with Crippen molar-refractivity contribution in [3.05, 3.63) is 48.5 Å². The summed E-state index contributed by atoms with van der Waals surface area (Å²) in [6.45, 7) is 1.83. The van der Waals surface area contributed by atoms with Gasteiger partial charge in [-0.3, -0.25) is 4.79 Å². The lowest BCUT2D eigenvalue weighted by molar-refractivity contribution is -0.115. The minimum Gasteiger partial charge on any atom is -0.493 e. The van der Waals surface area contributed by atoms with Gasteiger partial charge in [-0.25, -0.2) is 0 Å². The van der Waals surface area contributed by atoms with Crippen LogP contribution in [0.1, 0.15) is 6.92 Å². The highest BCUT2D eigenvalue weighted by Gasteiger charge is 2.20. The summed E-state index contributed by atoms with van der Waals surface area (Å²) in [5.41, 5.74) is 1.62. The second-order valence-corrected chi connectivity index (χ2v) is 7.36. The molecule has 0 fully saturated rings. The molecule has 1 atom stereocenters. The van der Waals surface area contributed by atoms with Gasteiger partial charge in [-0.1, -0.05) is 42.1 Å². The lowest BCUT2D eigenvalue weighted by Crippen LogP contribution is -2.22. The predicted octanol–water partition coefficient (Wildman–Crippen LogP) is 3.62. The van der Waals surface area contributed by atoms with Crippen LogP contribution in [-0.4, -0.2) is 40.1 Å². The van der Waals surface area contributed by atoms with Crippen LogP contribution in [0.25, 0.3) is 11.4 Å². The Morgan fingerprint density at radius 1 is 1.07 bits per heavy atom. The molecule has 3 rings (SSSR count). The summed E-state index contributed by atoms with van der Waals surface area (Å²) < 4.78 is 12.4. The molecule has 8 heteroatoms. The first kappa shape index (κ1) is 19.8. The summed E-state index contributed by atoms with van der Waals surface area (Å²) in [5, 5.41) is 11.7. The maximum atomic E-state index is 12.6. The van der Waals surface area contributed by atoms with Crippen molar-refractivity contribution in [2.24, 2.45) is 7.05 Å². The van der Waals surface area contributed by atoms with E-state index in [0.717, 1.165) is 11.4 Å². The molecule has 3 aromatic rings. The highest BCUT2D eigenvalue weighted by atomic mass is 32.2. The average Bonchev–Trinajstić information content (AvgIpc) is 3.08. The number of carbonyl (C=O) groups excluding carboxylic acids is 1. The van der Waals surface area contributed by atoms with E-state index in [1.165, 1.54) is 11.8 Å². The van der Waals surface area contributed by atoms with Gasteiger partial charge in [-0.05, 0) is 19.1 Å². The molecule has 2 aromatic carbocycles. The van der Waals surface area contributed by atoms with Crippen LogP contribution in [0.15, 0.2) is 53.7 Å². The van der Waals surface area contributed by atoms with Crippen molar-refractivity contribution in [1.82, 2.24) is 14.8 Å². The number of benzene rings is 2. The zero-order chi connectivity index (χ0) is 20.1. The quantitative estimate of drug-likeness (QED) is 0.613. The van der Waals surface area contributed by atoms with Crippen molar-refractivity contribution in [3.8, 4) is 22.9 Å². The Morgan fingerprint density at radius 3 is 2.46 bits per heavy atom. The van der Waals surface area contributed by atoms with E-state index in [0.29, 0.717) is 22.3 Å². The zero-order valence-corrected chi connectivity index (χ0v) is 17.0. The first-order chi connectivity index (χ1) is 13.5. The Kier molecular flexibility index (Phi) is 6.20. The van der Waals surface area contributed by atoms with Gasteiger partial charge in [0.15, 0.2) is 22.5 Å². The molecule has 0 aliphatic heterocycles. The highest BCUT2D eigenvalue weighted by Crippen LogP contribution is 2.31. The molecule has 0 aliphatic carbocycles. The van der Waals surface area contributed by atoms with Crippen molar-refractivity contribution in [1.29, 1.82) is 0 Å². The first-order valence-corrected chi connectivity index (χ1v) is 9.55. The Hall–Kier alpha value is -3.00. The maximum Gasteiger partial charge on any atom is 0.237 e. The lowest BCUT2D eigenvalue weighted by atomic mass is 10.2. The number of hydrogen-bond donors (Lipinski definition) is 1. The minimum atomic E-state index is -0.361. The van der Waals surface area contributed by atoms with Gasteiger partial charge in [0.1, 0.15) is 0 Å². The molecule has 0 bridgehead atoms. The molecule has 1 heterocycles. The van der Waals surface area contributed by atoms with E-state index >= 15 is 0 Å². The van der Waals surface area contributed by atoms with Crippen LogP contribution in [0.5, 0.6) is 11.5 Å². The van der Waals surface area contributed by atoms with E-state index < -0.39 is 0 Å². The fraction of sp³-hybridized carbons (Fsp3) is 0.250. The fourth-order valence-electron chi connectivity index (χ4n) is 2.63. The molecular formula is C20H22N4O3S. The first-order valence-electron chi connectivity index (χ1n) is 8.68. The van der Waals surface area contributed by atoms with E-state index in [1.54, 1.807) is 32.4 Å². The zero-order valence-electron chi connectivity index (χ0n) is 16.2. The molecular weight excluding hydrogens is 376 g/mol. The third-order valence-electron chi connectivity index (χ3n) is 4.17. The minimum absolute atomic E-state index is 0.138. The van der Waals surface area contributed by atoms with Gasteiger partial charge < -0.3 is 19.4 Å². The van der Waals surface area contributed by atoms with Gasteiger partial charge >= 0.3 is 0 Å². The van der Waals surface area contributed by atoms with Crippen molar-refractivity contribution < 1.29 is 14.3 Å². The Balaban J connectivity index is 1.69. The second kappa shape index (κ2) is 8.79. The largest absolute Gasteiger partial charge is 0.493 e. The number of nitrogens with one attached hydrogen (secondary N) is 1. The lowest BCUT2D eigenvalue weighted by Gasteiger charge is -2.13. The van der Waals surface area contributed by atoms with Gasteiger partial charge in [-0.15, -0.1) is 10.2 Å². The van der Waals surface area contributed by atoms with Crippen molar-refractivity contribution in [2.45, 2.75) is 17.3 Å². The van der Waals surface area contributed by atoms with Gasteiger partial charge in [0.2, 0.25) is 5.91 Å². The molecule has 1 aromatic heterocycles. The number of thioether (sulfide) groups is 1. The van der Waals surface area contributed by atoms with Gasteiger partial charge in [-0.2, -0.15) is 0 Å². The van der Waals surface area contributed by atoms with Crippen molar-refractivity contribution >= 4 is 23.4 Å². The van der Waals surface area contributed by atoms with Gasteiger partial charge in [0.25, 0.3) is 0 Å². The number of carbonyl (C=O) groups is 1. The predicted molar refractivity (Wildman–Crippen MR) is 110 cm³/mol. The van der Waals surface area contributed by atoms with Crippen LogP contribution in [0.2, 0.25) is 0 Å². The summed E-state index contributed by atoms with van der Waals surface area (Å²) in [6.07, 6.45) is 0. The molecule has 0 unspecified atom stereocenters. The Morgan fingerprint density at radius 2 is 1.79 bits per heavy atom. The normalized spacial score (nSPS) is 11.7. The number of rotatable bonds is 7. The summed E-state index contributed by atoms with van der Waals surface area (Å²) >= 11 is 1.35. The fourth-order valence-corrected chi connectivity index (χ4v) is 3.44. The van der Waals surface area contributed by atoms with E-state index in [9.17, 15) is 4.79 Å². The van der Waals surface area contributed by atoms with Crippen molar-refractivity contribution in [3.63, 3.8) is 0 Å². The summed E-state index contributed by atoms with van der Waals surface area (Å²) in [5.74, 6) is 1.79. The van der Waals surface area contributed by atoms with Gasteiger partial charge in [0.05, 0.1) is 19.5 Å². The molecule has 0 saturated carbocycles. The molecule has 1 amide bonds. The second-order valence-electron chi connectivity index (χ2n) is 6.05. The summed E-state index contributed by atoms with van der Waals surface area (Å²) in [7, 11) is 5.02. The van der Waals surface area contributed by atoms with E-state index in [4.69, 9.17) is 9.47 Å². The van der Waals surface area contributed by atoms with E-state index in [-0.39, 0.29) is 11.2 Å². The molecule has 0 spiro atoms. The third kappa shape index (κ3) is 4.28. The van der Waals surface area contributed by atoms with Crippen LogP contribution < -0.4 is 14.8 Å². The van der Waals surface area contributed by atoms with E-state index in [1.807, 2.05) is 48.9 Å². The third-order valence-corrected chi connectivity index (χ3v) is 5.30. The maximum absolute atomic E-state index is 12.6. The van der Waals surface area contributed by atoms with Crippen LogP contribution in [0.4, 0.5) is 5.69 Å². The number of ether oxygens (including phenoxy) is 2. The molecule has 28 heavy (non-hydrogen) atoms. The number of methoxy groups -OCH3 is 2. The number of anilines is 1. The number of amides is 1. The summed E-state index contributed by atoms with van der Waals surface area (Å²) in [6, 6.07) is 15.1. The molecule has 146 valence electrons. The van der Waals surface area contributed by atoms with Crippen LogP contribution in [-0.2, 0) is 11.8 Å². The SMILES string of the molecule is COc1ccc(NC(=O)[C@@H](C)Sc2nnc(-c3ccccc3)n2C)cc1OC. The number of hydrogen-bond acceptors (Lipinski definition) is 6. The molecule has 0 saturated heterocycles. The van der Waals surface area contributed by atoms with Crippen LogP contribution in [0.3, 0.4) is 0 Å². The topological polar surface area (TPSA) is 78.3 Å². The van der Waals surface area contributed by atoms with Crippen molar-refractivity contribution in [2.75, 3.05) is 19.5 Å². The number of nitrogens with zero attached hydrogens (tertiary/aromatic N) is 3. The van der Waals surface area contributed by atoms with Gasteiger partial charge in [0, 0.05) is 24.4 Å². The number of aromatic nitrogens is 3. The Bertz CT molecular complexity index is 959. The smallest absolute Gasteiger partial charge is 0.237 e. The monoisotopic (exact) mass is 398 g/mol.